The van der Waals surface area contributed by atoms with Gasteiger partial charge in [-0.25, -0.2) is 9.97 Å². The van der Waals surface area contributed by atoms with Crippen LogP contribution in [0.2, 0.25) is 0 Å². The molecule has 2 aliphatic rings. The second-order valence-electron chi connectivity index (χ2n) is 7.19. The van der Waals surface area contributed by atoms with Crippen molar-refractivity contribution in [3.05, 3.63) is 18.5 Å². The van der Waals surface area contributed by atoms with Crippen LogP contribution in [0.5, 0.6) is 0 Å². The maximum absolute atomic E-state index is 12.9. The molecule has 2 fully saturated rings. The van der Waals surface area contributed by atoms with E-state index in [1.807, 2.05) is 0 Å². The van der Waals surface area contributed by atoms with Gasteiger partial charge in [0.15, 0.2) is 0 Å². The lowest BCUT2D eigenvalue weighted by Gasteiger charge is -2.29. The van der Waals surface area contributed by atoms with Crippen molar-refractivity contribution in [3.8, 4) is 0 Å². The zero-order valence-corrected chi connectivity index (χ0v) is 14.3. The summed E-state index contributed by atoms with van der Waals surface area (Å²) in [6.45, 7) is 2.13. The maximum Gasteiger partial charge on any atom is 0.228 e. The van der Waals surface area contributed by atoms with E-state index in [1.54, 1.807) is 18.5 Å². The summed E-state index contributed by atoms with van der Waals surface area (Å²) in [4.78, 5) is 23.5. The number of nitrogens with zero attached hydrogens (tertiary/aromatic N) is 3. The Hall–Kier alpha value is -1.69. The summed E-state index contributed by atoms with van der Waals surface area (Å²) in [6, 6.07) is 1.79. The summed E-state index contributed by atoms with van der Waals surface area (Å²) >= 11 is 0. The maximum atomic E-state index is 12.9. The molecule has 1 aliphatic heterocycles. The molecule has 3 rings (SSSR count). The molecule has 0 bridgehead atoms. The second-order valence-corrected chi connectivity index (χ2v) is 7.19. The molecular formula is C18H28N4O2. The van der Waals surface area contributed by atoms with Crippen molar-refractivity contribution >= 4 is 11.9 Å². The molecule has 1 atom stereocenters. The fraction of sp³-hybridized carbons (Fsp3) is 0.722. The summed E-state index contributed by atoms with van der Waals surface area (Å²) in [7, 11) is 0. The Morgan fingerprint density at radius 2 is 2.04 bits per heavy atom. The molecule has 1 saturated carbocycles. The summed E-state index contributed by atoms with van der Waals surface area (Å²) in [5.41, 5.74) is -0.525. The van der Waals surface area contributed by atoms with Gasteiger partial charge in [0, 0.05) is 38.6 Å². The molecule has 1 saturated heterocycles. The van der Waals surface area contributed by atoms with Gasteiger partial charge < -0.3 is 15.3 Å². The van der Waals surface area contributed by atoms with Crippen LogP contribution in [0.1, 0.15) is 44.9 Å². The Morgan fingerprint density at radius 3 is 2.75 bits per heavy atom. The molecule has 6 heteroatoms. The molecular weight excluding hydrogens is 304 g/mol. The van der Waals surface area contributed by atoms with Crippen molar-refractivity contribution in [3.63, 3.8) is 0 Å². The number of hydrogen-bond donors (Lipinski definition) is 2. The molecule has 0 spiro atoms. The average Bonchev–Trinajstić information content (AvgIpc) is 3.07. The van der Waals surface area contributed by atoms with Gasteiger partial charge in [-0.1, -0.05) is 19.3 Å². The molecule has 24 heavy (non-hydrogen) atoms. The van der Waals surface area contributed by atoms with Crippen molar-refractivity contribution < 1.29 is 9.90 Å². The van der Waals surface area contributed by atoms with E-state index in [4.69, 9.17) is 0 Å². The Balaban J connectivity index is 1.61. The second kappa shape index (κ2) is 7.92. The van der Waals surface area contributed by atoms with Crippen LogP contribution < -0.4 is 10.2 Å². The number of hydrogen-bond acceptors (Lipinski definition) is 5. The lowest BCUT2D eigenvalue weighted by Crippen LogP contribution is -2.45. The van der Waals surface area contributed by atoms with Crippen LogP contribution in [-0.4, -0.2) is 47.2 Å². The molecule has 1 aromatic rings. The van der Waals surface area contributed by atoms with Crippen molar-refractivity contribution in [2.24, 2.45) is 11.3 Å². The van der Waals surface area contributed by atoms with Gasteiger partial charge in [0.05, 0.1) is 5.41 Å². The van der Waals surface area contributed by atoms with Crippen molar-refractivity contribution in [2.45, 2.75) is 44.9 Å². The fourth-order valence-electron chi connectivity index (χ4n) is 4.03. The average molecular weight is 332 g/mol. The highest BCUT2D eigenvalue weighted by atomic mass is 16.3. The van der Waals surface area contributed by atoms with E-state index in [2.05, 4.69) is 20.2 Å². The molecule has 0 radical (unpaired) electrons. The third kappa shape index (κ3) is 3.86. The number of rotatable bonds is 6. The summed E-state index contributed by atoms with van der Waals surface area (Å²) in [5.74, 6) is 1.36. The zero-order valence-electron chi connectivity index (χ0n) is 14.3. The number of nitrogens with one attached hydrogen (secondary N) is 1. The standard InChI is InChI=1S/C18H28N4O2/c23-12-8-18(16(24)21-13-15-5-2-1-3-6-15)7-11-22(14-18)17-19-9-4-10-20-17/h4,9-10,15,23H,1-3,5-8,11-14H2,(H,21,24). The lowest BCUT2D eigenvalue weighted by molar-refractivity contribution is -0.131. The minimum Gasteiger partial charge on any atom is -0.396 e. The first-order chi connectivity index (χ1) is 11.7. The number of carbonyl (C=O) groups excluding carboxylic acids is 1. The number of carbonyl (C=O) groups is 1. The van der Waals surface area contributed by atoms with E-state index in [0.29, 0.717) is 24.8 Å². The molecule has 2 heterocycles. The van der Waals surface area contributed by atoms with Gasteiger partial charge in [-0.2, -0.15) is 0 Å². The first-order valence-corrected chi connectivity index (χ1v) is 9.15. The van der Waals surface area contributed by atoms with Crippen LogP contribution in [-0.2, 0) is 4.79 Å². The quantitative estimate of drug-likeness (QED) is 0.830. The van der Waals surface area contributed by atoms with Crippen LogP contribution in [0.25, 0.3) is 0 Å². The topological polar surface area (TPSA) is 78.4 Å². The zero-order chi connectivity index (χ0) is 16.8. The predicted molar refractivity (Wildman–Crippen MR) is 92.6 cm³/mol. The number of aliphatic hydroxyl groups excluding tert-OH is 1. The van der Waals surface area contributed by atoms with Crippen LogP contribution in [0.15, 0.2) is 18.5 Å². The minimum atomic E-state index is -0.525. The van der Waals surface area contributed by atoms with Crippen LogP contribution in [0.4, 0.5) is 5.95 Å². The summed E-state index contributed by atoms with van der Waals surface area (Å²) in [6.07, 6.45) is 11.0. The number of aromatic nitrogens is 2. The normalized spacial score (nSPS) is 25.0. The first kappa shape index (κ1) is 17.1. The van der Waals surface area contributed by atoms with E-state index in [-0.39, 0.29) is 12.5 Å². The van der Waals surface area contributed by atoms with Gasteiger partial charge in [-0.05, 0) is 37.7 Å². The SMILES string of the molecule is O=C(NCC1CCCCC1)C1(CCO)CCN(c2ncccn2)C1. The predicted octanol–water partition coefficient (Wildman–Crippen LogP) is 1.75. The van der Waals surface area contributed by atoms with Crippen LogP contribution >= 0.6 is 0 Å². The summed E-state index contributed by atoms with van der Waals surface area (Å²) < 4.78 is 0. The van der Waals surface area contributed by atoms with Gasteiger partial charge in [-0.3, -0.25) is 4.79 Å². The van der Waals surface area contributed by atoms with E-state index < -0.39 is 5.41 Å². The number of anilines is 1. The van der Waals surface area contributed by atoms with E-state index in [1.165, 1.54) is 32.1 Å². The highest BCUT2D eigenvalue weighted by Gasteiger charge is 2.44. The fourth-order valence-corrected chi connectivity index (χ4v) is 4.03. The Labute approximate surface area is 143 Å². The van der Waals surface area contributed by atoms with Gasteiger partial charge in [-0.15, -0.1) is 0 Å². The Kier molecular flexibility index (Phi) is 5.66. The molecule has 2 N–H and O–H groups in total. The molecule has 1 amide bonds. The van der Waals surface area contributed by atoms with Crippen molar-refractivity contribution in [1.82, 2.24) is 15.3 Å². The van der Waals surface area contributed by atoms with Crippen molar-refractivity contribution in [2.75, 3.05) is 31.1 Å². The molecule has 6 nitrogen and oxygen atoms in total. The lowest BCUT2D eigenvalue weighted by atomic mass is 9.82. The van der Waals surface area contributed by atoms with Gasteiger partial charge in [0.25, 0.3) is 0 Å². The largest absolute Gasteiger partial charge is 0.396 e. The molecule has 1 unspecified atom stereocenters. The van der Waals surface area contributed by atoms with E-state index in [9.17, 15) is 9.90 Å². The van der Waals surface area contributed by atoms with Crippen LogP contribution in [0.3, 0.4) is 0 Å². The monoisotopic (exact) mass is 332 g/mol. The highest BCUT2D eigenvalue weighted by Crippen LogP contribution is 2.36. The van der Waals surface area contributed by atoms with E-state index in [0.717, 1.165) is 19.5 Å². The molecule has 1 aromatic heterocycles. The van der Waals surface area contributed by atoms with Crippen LogP contribution in [0, 0.1) is 11.3 Å². The molecule has 1 aliphatic carbocycles. The Bertz CT molecular complexity index is 533. The molecule has 132 valence electrons. The first-order valence-electron chi connectivity index (χ1n) is 9.15. The summed E-state index contributed by atoms with van der Waals surface area (Å²) in [5, 5.41) is 12.7. The smallest absolute Gasteiger partial charge is 0.228 e. The van der Waals surface area contributed by atoms with Crippen molar-refractivity contribution in [1.29, 1.82) is 0 Å². The third-order valence-corrected chi connectivity index (χ3v) is 5.54. The highest BCUT2D eigenvalue weighted by molar-refractivity contribution is 5.84. The van der Waals surface area contributed by atoms with Gasteiger partial charge in [0.1, 0.15) is 0 Å². The Morgan fingerprint density at radius 1 is 1.29 bits per heavy atom. The number of amides is 1. The van der Waals surface area contributed by atoms with Gasteiger partial charge >= 0.3 is 0 Å². The van der Waals surface area contributed by atoms with E-state index >= 15 is 0 Å². The third-order valence-electron chi connectivity index (χ3n) is 5.54. The number of aliphatic hydroxyl groups is 1. The van der Waals surface area contributed by atoms with Gasteiger partial charge in [0.2, 0.25) is 11.9 Å². The minimum absolute atomic E-state index is 0.0281. The molecule has 0 aromatic carbocycles.